The second-order valence-corrected chi connectivity index (χ2v) is 8.86. The van der Waals surface area contributed by atoms with Gasteiger partial charge in [-0.3, -0.25) is 19.8 Å². The van der Waals surface area contributed by atoms with Gasteiger partial charge >= 0.3 is 0 Å². The van der Waals surface area contributed by atoms with Crippen LogP contribution in [0.4, 0.5) is 0 Å². The molecule has 1 aromatic carbocycles. The quantitative estimate of drug-likeness (QED) is 0.584. The molecule has 0 bridgehead atoms. The Bertz CT molecular complexity index is 932. The van der Waals surface area contributed by atoms with E-state index in [4.69, 9.17) is 0 Å². The zero-order valence-corrected chi connectivity index (χ0v) is 17.8. The van der Waals surface area contributed by atoms with Crippen LogP contribution in [0.2, 0.25) is 0 Å². The second-order valence-electron chi connectivity index (χ2n) is 8.86. The molecule has 3 rings (SSSR count). The summed E-state index contributed by atoms with van der Waals surface area (Å²) in [7, 11) is 0. The summed E-state index contributed by atoms with van der Waals surface area (Å²) >= 11 is 0. The van der Waals surface area contributed by atoms with Crippen molar-refractivity contribution in [2.45, 2.75) is 46.6 Å². The molecule has 0 fully saturated rings. The molecule has 0 unspecified atom stereocenters. The number of carbonyl (C=O) groups is 2. The maximum atomic E-state index is 12.6. The first-order chi connectivity index (χ1) is 14.2. The van der Waals surface area contributed by atoms with Crippen molar-refractivity contribution in [3.63, 3.8) is 0 Å². The summed E-state index contributed by atoms with van der Waals surface area (Å²) < 4.78 is 0. The Morgan fingerprint density at radius 3 is 2.60 bits per heavy atom. The number of hydroxylamine groups is 2. The van der Waals surface area contributed by atoms with Gasteiger partial charge in [0.15, 0.2) is 0 Å². The minimum absolute atomic E-state index is 0.0673. The normalized spacial score (nSPS) is 14.3. The third-order valence-electron chi connectivity index (χ3n) is 4.92. The van der Waals surface area contributed by atoms with Gasteiger partial charge in [-0.15, -0.1) is 0 Å². The molecule has 1 aliphatic rings. The number of pyridine rings is 1. The van der Waals surface area contributed by atoms with Gasteiger partial charge in [0, 0.05) is 25.4 Å². The molecule has 0 atom stereocenters. The third kappa shape index (κ3) is 5.76. The predicted octanol–water partition coefficient (Wildman–Crippen LogP) is 4.51. The van der Waals surface area contributed by atoms with Crippen molar-refractivity contribution < 1.29 is 14.8 Å². The highest BCUT2D eigenvalue weighted by Gasteiger charge is 2.23. The molecule has 30 heavy (non-hydrogen) atoms. The highest BCUT2D eigenvalue weighted by Crippen LogP contribution is 2.27. The molecule has 2 amide bonds. The minimum atomic E-state index is -0.558. The Balaban J connectivity index is 1.75. The van der Waals surface area contributed by atoms with Gasteiger partial charge in [0.05, 0.1) is 6.54 Å². The number of aromatic nitrogens is 1. The monoisotopic (exact) mass is 407 g/mol. The highest BCUT2D eigenvalue weighted by atomic mass is 16.5. The van der Waals surface area contributed by atoms with Crippen molar-refractivity contribution in [3.05, 3.63) is 71.7 Å². The fourth-order valence-electron chi connectivity index (χ4n) is 3.44. The van der Waals surface area contributed by atoms with Crippen LogP contribution in [0, 0.1) is 5.41 Å². The molecule has 6 nitrogen and oxygen atoms in total. The van der Waals surface area contributed by atoms with E-state index in [1.54, 1.807) is 17.2 Å². The number of carbonyl (C=O) groups excluding carboxylic acids is 2. The molecule has 1 N–H and O–H groups in total. The largest absolute Gasteiger partial charge is 0.319 e. The van der Waals surface area contributed by atoms with Crippen molar-refractivity contribution in [3.8, 4) is 0 Å². The van der Waals surface area contributed by atoms with E-state index in [1.807, 2.05) is 42.6 Å². The number of nitrogens with zero attached hydrogens (tertiary/aromatic N) is 3. The van der Waals surface area contributed by atoms with Gasteiger partial charge in [0.2, 0.25) is 5.91 Å². The van der Waals surface area contributed by atoms with Crippen LogP contribution in [0.5, 0.6) is 0 Å². The number of allylic oxidation sites excluding steroid dienone is 1. The standard InChI is InChI=1S/C24H29N3O3/c1-24(2,3)15-22(28)26-13-7-10-20(17-26)19-11-12-25-21(14-19)23(29)27(30)16-18-8-5-4-6-9-18/h4-6,8-9,11-12,14,17,30H,7,10,13,15-16H2,1-3H3. The van der Waals surface area contributed by atoms with Gasteiger partial charge in [0.1, 0.15) is 5.69 Å². The van der Waals surface area contributed by atoms with E-state index < -0.39 is 5.91 Å². The van der Waals surface area contributed by atoms with E-state index >= 15 is 0 Å². The number of benzene rings is 1. The van der Waals surface area contributed by atoms with Gasteiger partial charge in [-0.2, -0.15) is 0 Å². The van der Waals surface area contributed by atoms with Crippen molar-refractivity contribution in [1.29, 1.82) is 0 Å². The van der Waals surface area contributed by atoms with Gasteiger partial charge in [0.25, 0.3) is 5.91 Å². The Hall–Kier alpha value is -2.99. The molecule has 0 radical (unpaired) electrons. The van der Waals surface area contributed by atoms with Crippen LogP contribution >= 0.6 is 0 Å². The van der Waals surface area contributed by atoms with Crippen LogP contribution in [0.15, 0.2) is 54.9 Å². The van der Waals surface area contributed by atoms with E-state index in [-0.39, 0.29) is 23.6 Å². The van der Waals surface area contributed by atoms with Crippen molar-refractivity contribution >= 4 is 17.4 Å². The smallest absolute Gasteiger partial charge is 0.296 e. The van der Waals surface area contributed by atoms with Crippen LogP contribution in [0.3, 0.4) is 0 Å². The summed E-state index contributed by atoms with van der Waals surface area (Å²) in [6, 6.07) is 12.8. The van der Waals surface area contributed by atoms with E-state index in [0.29, 0.717) is 18.0 Å². The average molecular weight is 408 g/mol. The van der Waals surface area contributed by atoms with Crippen molar-refractivity contribution in [1.82, 2.24) is 14.9 Å². The summed E-state index contributed by atoms with van der Waals surface area (Å²) in [5.74, 6) is -0.452. The lowest BCUT2D eigenvalue weighted by atomic mass is 9.91. The summed E-state index contributed by atoms with van der Waals surface area (Å²) in [4.78, 5) is 31.2. The predicted molar refractivity (Wildman–Crippen MR) is 115 cm³/mol. The Morgan fingerprint density at radius 2 is 1.90 bits per heavy atom. The van der Waals surface area contributed by atoms with Gasteiger partial charge < -0.3 is 4.90 Å². The molecule has 158 valence electrons. The summed E-state index contributed by atoms with van der Waals surface area (Å²) in [6.07, 6.45) is 5.63. The van der Waals surface area contributed by atoms with Crippen LogP contribution in [-0.4, -0.2) is 38.5 Å². The van der Waals surface area contributed by atoms with Gasteiger partial charge in [-0.1, -0.05) is 51.1 Å². The van der Waals surface area contributed by atoms with Crippen LogP contribution in [0.25, 0.3) is 5.57 Å². The van der Waals surface area contributed by atoms with Crippen LogP contribution < -0.4 is 0 Å². The summed E-state index contributed by atoms with van der Waals surface area (Å²) in [5, 5.41) is 10.9. The average Bonchev–Trinajstić information content (AvgIpc) is 2.73. The first-order valence-electron chi connectivity index (χ1n) is 10.2. The first kappa shape index (κ1) is 21.7. The summed E-state index contributed by atoms with van der Waals surface area (Å²) in [6.45, 7) is 6.95. The van der Waals surface area contributed by atoms with E-state index in [2.05, 4.69) is 25.8 Å². The molecule has 2 heterocycles. The van der Waals surface area contributed by atoms with E-state index in [9.17, 15) is 14.8 Å². The first-order valence-corrected chi connectivity index (χ1v) is 10.2. The molecule has 0 saturated carbocycles. The topological polar surface area (TPSA) is 73.7 Å². The zero-order valence-electron chi connectivity index (χ0n) is 17.8. The molecular weight excluding hydrogens is 378 g/mol. The van der Waals surface area contributed by atoms with Crippen molar-refractivity contribution in [2.75, 3.05) is 6.54 Å². The van der Waals surface area contributed by atoms with E-state index in [0.717, 1.165) is 29.5 Å². The molecule has 0 aliphatic carbocycles. The maximum Gasteiger partial charge on any atom is 0.296 e. The number of rotatable bonds is 5. The number of hydrogen-bond donors (Lipinski definition) is 1. The second kappa shape index (κ2) is 9.22. The van der Waals surface area contributed by atoms with Crippen LogP contribution in [-0.2, 0) is 11.3 Å². The Kier molecular flexibility index (Phi) is 6.67. The Morgan fingerprint density at radius 1 is 1.17 bits per heavy atom. The van der Waals surface area contributed by atoms with E-state index in [1.165, 1.54) is 0 Å². The zero-order chi connectivity index (χ0) is 21.7. The fourth-order valence-corrected chi connectivity index (χ4v) is 3.44. The third-order valence-corrected chi connectivity index (χ3v) is 4.92. The van der Waals surface area contributed by atoms with Gasteiger partial charge in [-0.05, 0) is 47.1 Å². The molecule has 1 aliphatic heterocycles. The number of amides is 2. The lowest BCUT2D eigenvalue weighted by Crippen LogP contribution is -2.32. The molecule has 6 heteroatoms. The van der Waals surface area contributed by atoms with Crippen LogP contribution in [0.1, 0.15) is 61.6 Å². The number of hydrogen-bond acceptors (Lipinski definition) is 4. The molecule has 0 saturated heterocycles. The highest BCUT2D eigenvalue weighted by molar-refractivity contribution is 5.92. The molecule has 2 aromatic rings. The molecule has 1 aromatic heterocycles. The lowest BCUT2D eigenvalue weighted by Gasteiger charge is -2.28. The summed E-state index contributed by atoms with van der Waals surface area (Å²) in [5.41, 5.74) is 2.77. The fraction of sp³-hybridized carbons (Fsp3) is 0.375. The SMILES string of the molecule is CC(C)(C)CC(=O)N1C=C(c2ccnc(C(=O)N(O)Cc3ccccc3)c2)CCC1. The Labute approximate surface area is 177 Å². The molecular formula is C24H29N3O3. The lowest BCUT2D eigenvalue weighted by molar-refractivity contribution is -0.130. The molecule has 0 spiro atoms. The maximum absolute atomic E-state index is 12.6. The minimum Gasteiger partial charge on any atom is -0.319 e. The van der Waals surface area contributed by atoms with Crippen molar-refractivity contribution in [2.24, 2.45) is 5.41 Å². The van der Waals surface area contributed by atoms with Gasteiger partial charge in [-0.25, -0.2) is 5.06 Å².